The van der Waals surface area contributed by atoms with Crippen LogP contribution < -0.4 is 10.1 Å². The molecule has 5 nitrogen and oxygen atoms in total. The average Bonchev–Trinajstić information content (AvgIpc) is 3.19. The molecule has 1 saturated heterocycles. The summed E-state index contributed by atoms with van der Waals surface area (Å²) in [5.41, 5.74) is 2.46. The number of methoxy groups -OCH3 is 1. The van der Waals surface area contributed by atoms with Gasteiger partial charge in [0.1, 0.15) is 5.75 Å². The molecule has 0 bridgehead atoms. The molecule has 2 heterocycles. The van der Waals surface area contributed by atoms with Crippen LogP contribution in [0.3, 0.4) is 0 Å². The predicted molar refractivity (Wildman–Crippen MR) is 111 cm³/mol. The lowest BCUT2D eigenvalue weighted by molar-refractivity contribution is -0.120. The van der Waals surface area contributed by atoms with Gasteiger partial charge < -0.3 is 14.8 Å². The first kappa shape index (κ1) is 19.3. The Hall–Kier alpha value is -2.02. The van der Waals surface area contributed by atoms with Crippen molar-refractivity contribution in [2.45, 2.75) is 22.6 Å². The van der Waals surface area contributed by atoms with Crippen molar-refractivity contribution in [2.75, 3.05) is 40.0 Å². The summed E-state index contributed by atoms with van der Waals surface area (Å²) in [6, 6.07) is 16.6. The van der Waals surface area contributed by atoms with Crippen LogP contribution in [0.1, 0.15) is 17.2 Å². The van der Waals surface area contributed by atoms with Gasteiger partial charge >= 0.3 is 0 Å². The third-order valence-electron chi connectivity index (χ3n) is 5.40. The van der Waals surface area contributed by atoms with Gasteiger partial charge in [-0.3, -0.25) is 9.69 Å². The molecule has 0 aliphatic carbocycles. The Morgan fingerprint density at radius 3 is 2.68 bits per heavy atom. The van der Waals surface area contributed by atoms with E-state index in [4.69, 9.17) is 9.47 Å². The molecule has 0 radical (unpaired) electrons. The Bertz CT molecular complexity index is 781. The number of ether oxygens (including phenoxy) is 2. The Kier molecular flexibility index (Phi) is 6.20. The number of amides is 1. The van der Waals surface area contributed by atoms with Gasteiger partial charge in [-0.2, -0.15) is 0 Å². The monoisotopic (exact) mass is 398 g/mol. The molecule has 2 aliphatic heterocycles. The highest BCUT2D eigenvalue weighted by Gasteiger charge is 2.29. The molecule has 1 fully saturated rings. The van der Waals surface area contributed by atoms with Crippen LogP contribution in [0.5, 0.6) is 5.75 Å². The second-order valence-corrected chi connectivity index (χ2v) is 8.35. The van der Waals surface area contributed by atoms with Crippen LogP contribution >= 0.6 is 11.8 Å². The van der Waals surface area contributed by atoms with Gasteiger partial charge in [-0.05, 0) is 35.7 Å². The first-order chi connectivity index (χ1) is 13.7. The van der Waals surface area contributed by atoms with E-state index < -0.39 is 0 Å². The molecule has 0 spiro atoms. The molecule has 2 atom stereocenters. The van der Waals surface area contributed by atoms with Crippen molar-refractivity contribution in [2.24, 2.45) is 0 Å². The Morgan fingerprint density at radius 2 is 1.96 bits per heavy atom. The number of benzene rings is 2. The van der Waals surface area contributed by atoms with Crippen LogP contribution in [0.15, 0.2) is 53.4 Å². The first-order valence-electron chi connectivity index (χ1n) is 9.72. The summed E-state index contributed by atoms with van der Waals surface area (Å²) >= 11 is 1.67. The quantitative estimate of drug-likeness (QED) is 0.811. The van der Waals surface area contributed by atoms with Crippen molar-refractivity contribution in [3.63, 3.8) is 0 Å². The minimum Gasteiger partial charge on any atom is -0.497 e. The molecule has 2 aromatic carbocycles. The fraction of sp³-hybridized carbons (Fsp3) is 0.409. The largest absolute Gasteiger partial charge is 0.497 e. The minimum atomic E-state index is -0.0430. The number of carbonyl (C=O) groups is 1. The maximum atomic E-state index is 12.8. The molecule has 4 rings (SSSR count). The number of nitrogens with zero attached hydrogens (tertiary/aromatic N) is 1. The smallest absolute Gasteiger partial charge is 0.233 e. The van der Waals surface area contributed by atoms with E-state index in [1.54, 1.807) is 18.9 Å². The van der Waals surface area contributed by atoms with E-state index in [1.165, 1.54) is 16.0 Å². The van der Waals surface area contributed by atoms with Gasteiger partial charge in [-0.1, -0.05) is 30.3 Å². The van der Waals surface area contributed by atoms with Gasteiger partial charge in [0.05, 0.1) is 31.6 Å². The molecule has 28 heavy (non-hydrogen) atoms. The molecule has 2 aliphatic rings. The molecular weight excluding hydrogens is 372 g/mol. The Morgan fingerprint density at radius 1 is 1.21 bits per heavy atom. The zero-order valence-corrected chi connectivity index (χ0v) is 16.9. The normalized spacial score (nSPS) is 20.4. The highest BCUT2D eigenvalue weighted by molar-refractivity contribution is 8.01. The minimum absolute atomic E-state index is 0.0430. The number of morpholine rings is 1. The van der Waals surface area contributed by atoms with E-state index in [0.29, 0.717) is 6.54 Å². The molecule has 0 unspecified atom stereocenters. The van der Waals surface area contributed by atoms with Crippen molar-refractivity contribution >= 4 is 17.7 Å². The van der Waals surface area contributed by atoms with Gasteiger partial charge in [-0.15, -0.1) is 11.8 Å². The number of hydrogen-bond donors (Lipinski definition) is 1. The topological polar surface area (TPSA) is 50.8 Å². The average molecular weight is 399 g/mol. The van der Waals surface area contributed by atoms with Crippen LogP contribution in [-0.2, 0) is 16.0 Å². The van der Waals surface area contributed by atoms with E-state index in [0.717, 1.165) is 38.5 Å². The molecule has 6 heteroatoms. The maximum absolute atomic E-state index is 12.8. The number of thioether (sulfide) groups is 1. The van der Waals surface area contributed by atoms with E-state index in [-0.39, 0.29) is 17.2 Å². The second-order valence-electron chi connectivity index (χ2n) is 7.10. The summed E-state index contributed by atoms with van der Waals surface area (Å²) < 4.78 is 10.8. The molecule has 1 N–H and O–H groups in total. The van der Waals surface area contributed by atoms with Crippen molar-refractivity contribution < 1.29 is 14.3 Å². The SMILES string of the molecule is COc1ccc([C@H](CNC(=O)[C@@H]2Cc3ccccc3S2)N2CCOCC2)cc1. The molecular formula is C22H26N2O3S. The van der Waals surface area contributed by atoms with E-state index in [1.807, 2.05) is 24.3 Å². The van der Waals surface area contributed by atoms with Crippen molar-refractivity contribution in [3.8, 4) is 5.75 Å². The molecule has 0 saturated carbocycles. The molecule has 148 valence electrons. The Labute approximate surface area is 170 Å². The number of hydrogen-bond acceptors (Lipinski definition) is 5. The predicted octanol–water partition coefficient (Wildman–Crippen LogP) is 2.90. The third-order valence-corrected chi connectivity index (χ3v) is 6.71. The van der Waals surface area contributed by atoms with Crippen molar-refractivity contribution in [1.82, 2.24) is 10.2 Å². The van der Waals surface area contributed by atoms with Crippen molar-refractivity contribution in [1.29, 1.82) is 0 Å². The lowest BCUT2D eigenvalue weighted by atomic mass is 10.0. The first-order valence-corrected chi connectivity index (χ1v) is 10.6. The summed E-state index contributed by atoms with van der Waals surface area (Å²) in [5, 5.41) is 3.17. The summed E-state index contributed by atoms with van der Waals surface area (Å²) in [6.45, 7) is 3.80. The lowest BCUT2D eigenvalue weighted by Crippen LogP contribution is -2.45. The number of fused-ring (bicyclic) bond motifs is 1. The fourth-order valence-electron chi connectivity index (χ4n) is 3.81. The standard InChI is InChI=1S/C22H26N2O3S/c1-26-18-8-6-16(7-9-18)19(24-10-12-27-13-11-24)15-23-22(25)21-14-17-4-2-3-5-20(17)28-21/h2-9,19,21H,10-15H2,1H3,(H,23,25)/t19-,21-/m0/s1. The zero-order chi connectivity index (χ0) is 19.3. The molecule has 0 aromatic heterocycles. The van der Waals surface area contributed by atoms with Crippen molar-refractivity contribution in [3.05, 3.63) is 59.7 Å². The van der Waals surface area contributed by atoms with Gasteiger partial charge in [0.15, 0.2) is 0 Å². The molecule has 1 amide bonds. The summed E-state index contributed by atoms with van der Waals surface area (Å²) in [6.07, 6.45) is 0.803. The Balaban J connectivity index is 1.42. The zero-order valence-electron chi connectivity index (χ0n) is 16.1. The summed E-state index contributed by atoms with van der Waals surface area (Å²) in [5.74, 6) is 0.960. The van der Waals surface area contributed by atoms with Gasteiger partial charge in [0.25, 0.3) is 0 Å². The summed E-state index contributed by atoms with van der Waals surface area (Å²) in [4.78, 5) is 16.5. The van der Waals surface area contributed by atoms with Crippen LogP contribution in [0.2, 0.25) is 0 Å². The lowest BCUT2D eigenvalue weighted by Gasteiger charge is -2.35. The van der Waals surface area contributed by atoms with Crippen LogP contribution in [0, 0.1) is 0 Å². The van der Waals surface area contributed by atoms with E-state index in [9.17, 15) is 4.79 Å². The molecule has 2 aromatic rings. The van der Waals surface area contributed by atoms with Crippen LogP contribution in [0.4, 0.5) is 0 Å². The highest BCUT2D eigenvalue weighted by Crippen LogP contribution is 2.36. The second kappa shape index (κ2) is 8.99. The van der Waals surface area contributed by atoms with E-state index in [2.05, 4.69) is 34.5 Å². The fourth-order valence-corrected chi connectivity index (χ4v) is 5.03. The van der Waals surface area contributed by atoms with Gasteiger partial charge in [-0.25, -0.2) is 0 Å². The number of nitrogens with one attached hydrogen (secondary N) is 1. The third kappa shape index (κ3) is 4.35. The van der Waals surface area contributed by atoms with E-state index >= 15 is 0 Å². The van der Waals surface area contributed by atoms with Gasteiger partial charge in [0.2, 0.25) is 5.91 Å². The highest BCUT2D eigenvalue weighted by atomic mass is 32.2. The number of carbonyl (C=O) groups excluding carboxylic acids is 1. The van der Waals surface area contributed by atoms with Crippen LogP contribution in [0.25, 0.3) is 0 Å². The maximum Gasteiger partial charge on any atom is 0.233 e. The van der Waals surface area contributed by atoms with Gasteiger partial charge in [0, 0.05) is 24.5 Å². The van der Waals surface area contributed by atoms with Crippen LogP contribution in [-0.4, -0.2) is 56.0 Å². The summed E-state index contributed by atoms with van der Waals surface area (Å²) in [7, 11) is 1.67. The number of rotatable bonds is 6.